The zero-order valence-electron chi connectivity index (χ0n) is 12.7. The molecule has 1 aromatic rings. The lowest BCUT2D eigenvalue weighted by molar-refractivity contribution is 0.360. The van der Waals surface area contributed by atoms with Crippen LogP contribution in [0.4, 0.5) is 5.69 Å². The molecule has 20 heavy (non-hydrogen) atoms. The number of anilines is 1. The standard InChI is InChI=1S/C15H24N2O2S/c1-10(2)9-17(13-5-6-13)20(18,19)15-8-11(3)7-14(16)12(15)4/h7-8,10,13H,5-6,9,16H2,1-4H3. The molecule has 5 heteroatoms. The molecule has 1 aliphatic rings. The highest BCUT2D eigenvalue weighted by molar-refractivity contribution is 7.89. The average Bonchev–Trinajstić information content (AvgIpc) is 3.14. The van der Waals surface area contributed by atoms with Crippen molar-refractivity contribution in [3.05, 3.63) is 23.3 Å². The molecule has 0 heterocycles. The van der Waals surface area contributed by atoms with Crippen LogP contribution in [0.15, 0.2) is 17.0 Å². The van der Waals surface area contributed by atoms with Gasteiger partial charge in [-0.2, -0.15) is 4.31 Å². The number of rotatable bonds is 5. The van der Waals surface area contributed by atoms with Gasteiger partial charge in [0.25, 0.3) is 0 Å². The van der Waals surface area contributed by atoms with Gasteiger partial charge >= 0.3 is 0 Å². The number of nitrogens with zero attached hydrogens (tertiary/aromatic N) is 1. The maximum Gasteiger partial charge on any atom is 0.243 e. The van der Waals surface area contributed by atoms with Crippen LogP contribution < -0.4 is 5.73 Å². The van der Waals surface area contributed by atoms with Gasteiger partial charge in [-0.15, -0.1) is 0 Å². The highest BCUT2D eigenvalue weighted by atomic mass is 32.2. The summed E-state index contributed by atoms with van der Waals surface area (Å²) in [5, 5.41) is 0. The Morgan fingerprint density at radius 1 is 1.30 bits per heavy atom. The topological polar surface area (TPSA) is 63.4 Å². The Hall–Kier alpha value is -1.07. The fraction of sp³-hybridized carbons (Fsp3) is 0.600. The molecular formula is C15H24N2O2S. The van der Waals surface area contributed by atoms with E-state index in [4.69, 9.17) is 5.73 Å². The minimum atomic E-state index is -3.46. The number of sulfonamides is 1. The van der Waals surface area contributed by atoms with Gasteiger partial charge in [0.15, 0.2) is 0 Å². The van der Waals surface area contributed by atoms with Crippen molar-refractivity contribution >= 4 is 15.7 Å². The number of benzene rings is 1. The molecule has 0 unspecified atom stereocenters. The van der Waals surface area contributed by atoms with Gasteiger partial charge in [0.2, 0.25) is 10.0 Å². The predicted molar refractivity (Wildman–Crippen MR) is 82.1 cm³/mol. The minimum absolute atomic E-state index is 0.170. The molecule has 0 radical (unpaired) electrons. The first-order chi connectivity index (χ1) is 9.23. The molecule has 1 saturated carbocycles. The Morgan fingerprint density at radius 2 is 1.90 bits per heavy atom. The molecule has 0 aliphatic heterocycles. The maximum atomic E-state index is 12.9. The first kappa shape index (κ1) is 15.3. The highest BCUT2D eigenvalue weighted by Gasteiger charge is 2.39. The van der Waals surface area contributed by atoms with Crippen LogP contribution in [0.5, 0.6) is 0 Å². The van der Waals surface area contributed by atoms with E-state index in [0.717, 1.165) is 18.4 Å². The number of hydrogen-bond acceptors (Lipinski definition) is 3. The average molecular weight is 296 g/mol. The van der Waals surface area contributed by atoms with Crippen molar-refractivity contribution in [1.82, 2.24) is 4.31 Å². The van der Waals surface area contributed by atoms with E-state index >= 15 is 0 Å². The van der Waals surface area contributed by atoms with E-state index in [2.05, 4.69) is 0 Å². The normalized spacial score (nSPS) is 16.1. The molecule has 2 N–H and O–H groups in total. The highest BCUT2D eigenvalue weighted by Crippen LogP contribution is 2.35. The van der Waals surface area contributed by atoms with Crippen LogP contribution in [0, 0.1) is 19.8 Å². The first-order valence-electron chi connectivity index (χ1n) is 7.12. The molecule has 1 aromatic carbocycles. The summed E-state index contributed by atoms with van der Waals surface area (Å²) < 4.78 is 27.6. The second-order valence-corrected chi connectivity index (χ2v) is 8.04. The summed E-state index contributed by atoms with van der Waals surface area (Å²) in [6.45, 7) is 8.31. The molecule has 0 aromatic heterocycles. The fourth-order valence-electron chi connectivity index (χ4n) is 2.41. The van der Waals surface area contributed by atoms with Gasteiger partial charge < -0.3 is 5.73 Å². The van der Waals surface area contributed by atoms with E-state index in [1.807, 2.05) is 26.8 Å². The van der Waals surface area contributed by atoms with Crippen molar-refractivity contribution in [3.8, 4) is 0 Å². The third-order valence-corrected chi connectivity index (χ3v) is 5.67. The molecular weight excluding hydrogens is 272 g/mol. The molecule has 2 rings (SSSR count). The zero-order valence-corrected chi connectivity index (χ0v) is 13.5. The number of aryl methyl sites for hydroxylation is 1. The van der Waals surface area contributed by atoms with Gasteiger partial charge in [-0.25, -0.2) is 8.42 Å². The van der Waals surface area contributed by atoms with Gasteiger partial charge in [-0.1, -0.05) is 13.8 Å². The molecule has 1 fully saturated rings. The fourth-order valence-corrected chi connectivity index (χ4v) is 4.60. The van der Waals surface area contributed by atoms with E-state index in [9.17, 15) is 8.42 Å². The molecule has 0 amide bonds. The summed E-state index contributed by atoms with van der Waals surface area (Å²) >= 11 is 0. The number of nitrogen functional groups attached to an aromatic ring is 1. The SMILES string of the molecule is Cc1cc(N)c(C)c(S(=O)(=O)N(CC(C)C)C2CC2)c1. The molecule has 0 spiro atoms. The Balaban J connectivity index is 2.48. The lowest BCUT2D eigenvalue weighted by atomic mass is 10.1. The minimum Gasteiger partial charge on any atom is -0.398 e. The van der Waals surface area contributed by atoms with Crippen molar-refractivity contribution in [2.45, 2.75) is 51.5 Å². The lowest BCUT2D eigenvalue weighted by Gasteiger charge is -2.25. The number of nitrogens with two attached hydrogens (primary N) is 1. The number of hydrogen-bond donors (Lipinski definition) is 1. The largest absolute Gasteiger partial charge is 0.398 e. The van der Waals surface area contributed by atoms with Gasteiger partial charge in [0.05, 0.1) is 4.90 Å². The Bertz CT molecular complexity index is 605. The van der Waals surface area contributed by atoms with E-state index < -0.39 is 10.0 Å². The van der Waals surface area contributed by atoms with Crippen molar-refractivity contribution in [2.75, 3.05) is 12.3 Å². The third-order valence-electron chi connectivity index (χ3n) is 3.63. The van der Waals surface area contributed by atoms with E-state index in [1.165, 1.54) is 0 Å². The quantitative estimate of drug-likeness (QED) is 0.850. The summed E-state index contributed by atoms with van der Waals surface area (Å²) in [4.78, 5) is 0.363. The van der Waals surface area contributed by atoms with Crippen LogP contribution in [0.1, 0.15) is 37.8 Å². The summed E-state index contributed by atoms with van der Waals surface area (Å²) in [6.07, 6.45) is 1.93. The van der Waals surface area contributed by atoms with Crippen molar-refractivity contribution in [2.24, 2.45) is 5.92 Å². The van der Waals surface area contributed by atoms with Gasteiger partial charge in [0.1, 0.15) is 0 Å². The summed E-state index contributed by atoms with van der Waals surface area (Å²) in [6, 6.07) is 3.72. The lowest BCUT2D eigenvalue weighted by Crippen LogP contribution is -2.36. The first-order valence-corrected chi connectivity index (χ1v) is 8.56. The van der Waals surface area contributed by atoms with Crippen LogP contribution >= 0.6 is 0 Å². The molecule has 0 bridgehead atoms. The molecule has 0 saturated heterocycles. The predicted octanol–water partition coefficient (Wildman–Crippen LogP) is 2.69. The summed E-state index contributed by atoms with van der Waals surface area (Å²) in [5.74, 6) is 0.313. The Morgan fingerprint density at radius 3 is 2.40 bits per heavy atom. The Labute approximate surface area is 122 Å². The van der Waals surface area contributed by atoms with Crippen molar-refractivity contribution < 1.29 is 8.42 Å². The van der Waals surface area contributed by atoms with Gasteiger partial charge in [0, 0.05) is 18.3 Å². The van der Waals surface area contributed by atoms with Crippen LogP contribution in [-0.2, 0) is 10.0 Å². The van der Waals surface area contributed by atoms with Crippen molar-refractivity contribution in [3.63, 3.8) is 0 Å². The second kappa shape index (κ2) is 5.37. The maximum absolute atomic E-state index is 12.9. The summed E-state index contributed by atoms with van der Waals surface area (Å²) in [5.41, 5.74) is 8.01. The third kappa shape index (κ3) is 2.99. The van der Waals surface area contributed by atoms with Gasteiger partial charge in [-0.05, 0) is 55.9 Å². The van der Waals surface area contributed by atoms with Crippen LogP contribution in [0.3, 0.4) is 0 Å². The molecule has 4 nitrogen and oxygen atoms in total. The van der Waals surface area contributed by atoms with Crippen LogP contribution in [0.2, 0.25) is 0 Å². The molecule has 1 aliphatic carbocycles. The van der Waals surface area contributed by atoms with Gasteiger partial charge in [-0.3, -0.25) is 0 Å². The second-order valence-electron chi connectivity index (χ2n) is 6.18. The zero-order chi connectivity index (χ0) is 15.1. The molecule has 0 atom stereocenters. The van der Waals surface area contributed by atoms with Crippen molar-refractivity contribution in [1.29, 1.82) is 0 Å². The Kier molecular flexibility index (Phi) is 4.12. The van der Waals surface area contributed by atoms with Crippen LogP contribution in [-0.4, -0.2) is 25.3 Å². The smallest absolute Gasteiger partial charge is 0.243 e. The van der Waals surface area contributed by atoms with E-state index in [0.29, 0.717) is 28.6 Å². The molecule has 112 valence electrons. The van der Waals surface area contributed by atoms with E-state index in [-0.39, 0.29) is 6.04 Å². The van der Waals surface area contributed by atoms with Crippen LogP contribution in [0.25, 0.3) is 0 Å². The summed E-state index contributed by atoms with van der Waals surface area (Å²) in [7, 11) is -3.46. The monoisotopic (exact) mass is 296 g/mol. The van der Waals surface area contributed by atoms with E-state index in [1.54, 1.807) is 17.3 Å².